The lowest BCUT2D eigenvalue weighted by molar-refractivity contribution is -0.118. The molecule has 1 amide bonds. The largest absolute Gasteiger partial charge is 0.323 e. The van der Waals surface area contributed by atoms with E-state index in [1.807, 2.05) is 6.07 Å². The summed E-state index contributed by atoms with van der Waals surface area (Å²) in [7, 11) is 0. The van der Waals surface area contributed by atoms with Crippen LogP contribution < -0.4 is 10.6 Å². The zero-order valence-electron chi connectivity index (χ0n) is 10.6. The van der Waals surface area contributed by atoms with Gasteiger partial charge in [-0.15, -0.1) is 0 Å². The van der Waals surface area contributed by atoms with Crippen LogP contribution in [0, 0.1) is 11.3 Å². The second-order valence-electron chi connectivity index (χ2n) is 4.65. The zero-order valence-corrected chi connectivity index (χ0v) is 11.3. The van der Waals surface area contributed by atoms with Gasteiger partial charge in [0.25, 0.3) is 0 Å². The minimum atomic E-state index is -0.187. The van der Waals surface area contributed by atoms with Gasteiger partial charge in [0, 0.05) is 5.02 Å². The summed E-state index contributed by atoms with van der Waals surface area (Å²) in [6.45, 7) is 0.860. The Morgan fingerprint density at radius 1 is 1.42 bits per heavy atom. The molecule has 1 aromatic carbocycles. The number of anilines is 1. The van der Waals surface area contributed by atoms with Crippen molar-refractivity contribution in [2.45, 2.75) is 31.7 Å². The van der Waals surface area contributed by atoms with Crippen LogP contribution in [0.3, 0.4) is 0 Å². The van der Waals surface area contributed by atoms with Crippen molar-refractivity contribution in [2.75, 3.05) is 11.9 Å². The Bertz CT molecular complexity index is 502. The number of nitrogens with zero attached hydrogens (tertiary/aromatic N) is 1. The number of carbonyl (C=O) groups excluding carboxylic acids is 1. The van der Waals surface area contributed by atoms with Crippen LogP contribution in [-0.4, -0.2) is 18.5 Å². The minimum absolute atomic E-state index is 0.0966. The number of carbonyl (C=O) groups is 1. The molecule has 0 spiro atoms. The van der Waals surface area contributed by atoms with Gasteiger partial charge in [-0.3, -0.25) is 4.79 Å². The Labute approximate surface area is 117 Å². The predicted octanol–water partition coefficient (Wildman–Crippen LogP) is 2.68. The molecule has 1 atom stereocenters. The molecule has 0 aromatic heterocycles. The van der Waals surface area contributed by atoms with Crippen LogP contribution >= 0.6 is 11.6 Å². The summed E-state index contributed by atoms with van der Waals surface area (Å²) in [5.74, 6) is -0.0966. The highest BCUT2D eigenvalue weighted by atomic mass is 35.5. The standard InChI is InChI=1S/C14H16ClN3O/c15-11-6-5-10(9-16)13(8-11)18-14(19)12-4-2-1-3-7-17-12/h5-6,8,12,17H,1-4,7H2,(H,18,19). The molecule has 0 saturated carbocycles. The minimum Gasteiger partial charge on any atom is -0.323 e. The van der Waals surface area contributed by atoms with Gasteiger partial charge in [-0.05, 0) is 37.6 Å². The van der Waals surface area contributed by atoms with Crippen LogP contribution in [0.15, 0.2) is 18.2 Å². The summed E-state index contributed by atoms with van der Waals surface area (Å²) in [6.07, 6.45) is 4.13. The van der Waals surface area contributed by atoms with Crippen molar-refractivity contribution < 1.29 is 4.79 Å². The van der Waals surface area contributed by atoms with Gasteiger partial charge in [0.2, 0.25) is 5.91 Å². The molecule has 100 valence electrons. The van der Waals surface area contributed by atoms with E-state index in [1.165, 1.54) is 0 Å². The Balaban J connectivity index is 2.09. The molecular formula is C14H16ClN3O. The predicted molar refractivity (Wildman–Crippen MR) is 75.1 cm³/mol. The number of hydrogen-bond acceptors (Lipinski definition) is 3. The van der Waals surface area contributed by atoms with Crippen molar-refractivity contribution in [3.63, 3.8) is 0 Å². The Morgan fingerprint density at radius 3 is 3.05 bits per heavy atom. The summed E-state index contributed by atoms with van der Waals surface area (Å²) in [5, 5.41) is 15.5. The number of nitrogens with one attached hydrogen (secondary N) is 2. The molecule has 1 aliphatic heterocycles. The molecule has 1 unspecified atom stereocenters. The normalized spacial score (nSPS) is 19.3. The fraction of sp³-hybridized carbons (Fsp3) is 0.429. The van der Waals surface area contributed by atoms with Crippen molar-refractivity contribution in [2.24, 2.45) is 0 Å². The number of amides is 1. The van der Waals surface area contributed by atoms with Gasteiger partial charge in [-0.1, -0.05) is 24.4 Å². The van der Waals surface area contributed by atoms with Crippen LogP contribution in [0.2, 0.25) is 5.02 Å². The van der Waals surface area contributed by atoms with E-state index >= 15 is 0 Å². The zero-order chi connectivity index (χ0) is 13.7. The molecule has 2 N–H and O–H groups in total. The molecule has 4 nitrogen and oxygen atoms in total. The summed E-state index contributed by atoms with van der Waals surface area (Å²) in [5.41, 5.74) is 0.900. The molecule has 5 heteroatoms. The highest BCUT2D eigenvalue weighted by molar-refractivity contribution is 6.31. The Kier molecular flexibility index (Phi) is 4.78. The van der Waals surface area contributed by atoms with Gasteiger partial charge in [0.1, 0.15) is 6.07 Å². The SMILES string of the molecule is N#Cc1ccc(Cl)cc1NC(=O)C1CCCCCN1. The van der Waals surface area contributed by atoms with Gasteiger partial charge < -0.3 is 10.6 Å². The summed E-state index contributed by atoms with van der Waals surface area (Å²) < 4.78 is 0. The second-order valence-corrected chi connectivity index (χ2v) is 5.08. The number of hydrogen-bond donors (Lipinski definition) is 2. The summed E-state index contributed by atoms with van der Waals surface area (Å²) in [4.78, 5) is 12.2. The molecule has 2 rings (SSSR count). The molecule has 19 heavy (non-hydrogen) atoms. The number of nitriles is 1. The van der Waals surface area contributed by atoms with Crippen molar-refractivity contribution in [3.8, 4) is 6.07 Å². The van der Waals surface area contributed by atoms with Crippen LogP contribution in [0.1, 0.15) is 31.2 Å². The van der Waals surface area contributed by atoms with E-state index in [1.54, 1.807) is 18.2 Å². The quantitative estimate of drug-likeness (QED) is 0.873. The third-order valence-electron chi connectivity index (χ3n) is 3.24. The van der Waals surface area contributed by atoms with Crippen molar-refractivity contribution >= 4 is 23.2 Å². The maximum Gasteiger partial charge on any atom is 0.241 e. The lowest BCUT2D eigenvalue weighted by Gasteiger charge is -2.16. The summed E-state index contributed by atoms with van der Waals surface area (Å²) in [6, 6.07) is 6.72. The van der Waals surface area contributed by atoms with Gasteiger partial charge in [-0.2, -0.15) is 5.26 Å². The topological polar surface area (TPSA) is 64.9 Å². The van der Waals surface area contributed by atoms with E-state index in [2.05, 4.69) is 10.6 Å². The lowest BCUT2D eigenvalue weighted by atomic mass is 10.1. The highest BCUT2D eigenvalue weighted by Crippen LogP contribution is 2.21. The molecule has 1 saturated heterocycles. The van der Waals surface area contributed by atoms with Crippen LogP contribution in [0.25, 0.3) is 0 Å². The van der Waals surface area contributed by atoms with E-state index < -0.39 is 0 Å². The third kappa shape index (κ3) is 3.69. The van der Waals surface area contributed by atoms with Crippen LogP contribution in [0.4, 0.5) is 5.69 Å². The lowest BCUT2D eigenvalue weighted by Crippen LogP contribution is -2.40. The molecular weight excluding hydrogens is 262 g/mol. The maximum atomic E-state index is 12.2. The van der Waals surface area contributed by atoms with Crippen LogP contribution in [0.5, 0.6) is 0 Å². The molecule has 0 radical (unpaired) electrons. The smallest absolute Gasteiger partial charge is 0.241 e. The first-order valence-electron chi connectivity index (χ1n) is 6.44. The number of rotatable bonds is 2. The fourth-order valence-corrected chi connectivity index (χ4v) is 2.36. The van der Waals surface area contributed by atoms with E-state index in [4.69, 9.17) is 16.9 Å². The first-order chi connectivity index (χ1) is 9.20. The van der Waals surface area contributed by atoms with E-state index in [0.29, 0.717) is 16.3 Å². The first-order valence-corrected chi connectivity index (χ1v) is 6.82. The first kappa shape index (κ1) is 13.9. The monoisotopic (exact) mass is 277 g/mol. The van der Waals surface area contributed by atoms with E-state index in [0.717, 1.165) is 32.2 Å². The van der Waals surface area contributed by atoms with Gasteiger partial charge in [-0.25, -0.2) is 0 Å². The van der Waals surface area contributed by atoms with Crippen molar-refractivity contribution in [1.82, 2.24) is 5.32 Å². The average molecular weight is 278 g/mol. The maximum absolute atomic E-state index is 12.2. The Hall–Kier alpha value is -1.57. The van der Waals surface area contributed by atoms with Crippen molar-refractivity contribution in [3.05, 3.63) is 28.8 Å². The molecule has 1 aliphatic rings. The molecule has 0 aliphatic carbocycles. The second kappa shape index (κ2) is 6.55. The average Bonchev–Trinajstić information content (AvgIpc) is 2.68. The van der Waals surface area contributed by atoms with Gasteiger partial charge in [0.15, 0.2) is 0 Å². The van der Waals surface area contributed by atoms with Crippen molar-refractivity contribution in [1.29, 1.82) is 5.26 Å². The fourth-order valence-electron chi connectivity index (χ4n) is 2.19. The highest BCUT2D eigenvalue weighted by Gasteiger charge is 2.20. The van der Waals surface area contributed by atoms with E-state index in [9.17, 15) is 4.79 Å². The third-order valence-corrected chi connectivity index (χ3v) is 3.47. The molecule has 1 aromatic rings. The van der Waals surface area contributed by atoms with Gasteiger partial charge in [0.05, 0.1) is 17.3 Å². The van der Waals surface area contributed by atoms with E-state index in [-0.39, 0.29) is 11.9 Å². The summed E-state index contributed by atoms with van der Waals surface area (Å²) >= 11 is 5.89. The van der Waals surface area contributed by atoms with Gasteiger partial charge >= 0.3 is 0 Å². The number of benzene rings is 1. The number of halogens is 1. The molecule has 1 heterocycles. The molecule has 1 fully saturated rings. The molecule has 0 bridgehead atoms. The van der Waals surface area contributed by atoms with Crippen LogP contribution in [-0.2, 0) is 4.79 Å². The Morgan fingerprint density at radius 2 is 2.26 bits per heavy atom.